The smallest absolute Gasteiger partial charge is 0.211 e. The minimum absolute atomic E-state index is 0.0461. The molecule has 12 heavy (non-hydrogen) atoms. The van der Waals surface area contributed by atoms with E-state index >= 15 is 0 Å². The summed E-state index contributed by atoms with van der Waals surface area (Å²) in [5, 5.41) is 8.92. The molecule has 0 unspecified atom stereocenters. The molecule has 0 atom stereocenters. The maximum Gasteiger partial charge on any atom is 0.211 e. The minimum Gasteiger partial charge on any atom is -0.396 e. The second-order valence-corrected chi connectivity index (χ2v) is 5.38. The third kappa shape index (κ3) is 1.61. The van der Waals surface area contributed by atoms with Crippen molar-refractivity contribution in [3.8, 4) is 0 Å². The van der Waals surface area contributed by atoms with Crippen LogP contribution in [0.15, 0.2) is 0 Å². The van der Waals surface area contributed by atoms with E-state index in [1.165, 1.54) is 4.31 Å². The van der Waals surface area contributed by atoms with Gasteiger partial charge in [-0.15, -0.1) is 0 Å². The molecule has 0 amide bonds. The van der Waals surface area contributed by atoms with Crippen LogP contribution in [0, 0.1) is 5.41 Å². The fourth-order valence-electron chi connectivity index (χ4n) is 1.23. The Hall–Kier alpha value is -0.170. The van der Waals surface area contributed by atoms with Crippen LogP contribution in [0.1, 0.15) is 0 Å². The Labute approximate surface area is 72.2 Å². The monoisotopic (exact) mass is 194 g/mol. The molecule has 5 nitrogen and oxygen atoms in total. The molecule has 0 saturated carbocycles. The van der Waals surface area contributed by atoms with Crippen molar-refractivity contribution in [2.24, 2.45) is 11.1 Å². The van der Waals surface area contributed by atoms with Crippen LogP contribution in [0.5, 0.6) is 0 Å². The van der Waals surface area contributed by atoms with Crippen molar-refractivity contribution in [1.82, 2.24) is 4.31 Å². The second-order valence-electron chi connectivity index (χ2n) is 3.39. The molecule has 1 rings (SSSR count). The van der Waals surface area contributed by atoms with Crippen molar-refractivity contribution in [2.45, 2.75) is 0 Å². The Morgan fingerprint density at radius 2 is 2.08 bits per heavy atom. The highest BCUT2D eigenvalue weighted by molar-refractivity contribution is 7.88. The van der Waals surface area contributed by atoms with Crippen LogP contribution in [0.2, 0.25) is 0 Å². The lowest BCUT2D eigenvalue weighted by atomic mass is 9.83. The van der Waals surface area contributed by atoms with Gasteiger partial charge in [-0.2, -0.15) is 0 Å². The average Bonchev–Trinajstić information content (AvgIpc) is 1.85. The van der Waals surface area contributed by atoms with E-state index in [1.54, 1.807) is 0 Å². The fraction of sp³-hybridized carbons (Fsp3) is 1.00. The van der Waals surface area contributed by atoms with Crippen LogP contribution >= 0.6 is 0 Å². The summed E-state index contributed by atoms with van der Waals surface area (Å²) in [6.07, 6.45) is 1.16. The molecule has 1 aliphatic rings. The summed E-state index contributed by atoms with van der Waals surface area (Å²) < 4.78 is 23.2. The molecule has 0 spiro atoms. The average molecular weight is 194 g/mol. The second kappa shape index (κ2) is 2.95. The highest BCUT2D eigenvalue weighted by Gasteiger charge is 2.45. The summed E-state index contributed by atoms with van der Waals surface area (Å²) in [4.78, 5) is 0. The zero-order chi connectivity index (χ0) is 9.41. The van der Waals surface area contributed by atoms with Gasteiger partial charge in [-0.3, -0.25) is 0 Å². The summed E-state index contributed by atoms with van der Waals surface area (Å²) in [6, 6.07) is 0. The molecular weight excluding hydrogens is 180 g/mol. The first-order chi connectivity index (χ1) is 5.43. The molecule has 3 N–H and O–H groups in total. The van der Waals surface area contributed by atoms with Crippen molar-refractivity contribution >= 4 is 10.0 Å². The number of aliphatic hydroxyl groups excluding tert-OH is 1. The van der Waals surface area contributed by atoms with Crippen molar-refractivity contribution in [1.29, 1.82) is 0 Å². The summed E-state index contributed by atoms with van der Waals surface area (Å²) in [5.74, 6) is 0. The predicted octanol–water partition coefficient (Wildman–Crippen LogP) is -1.80. The topological polar surface area (TPSA) is 83.6 Å². The van der Waals surface area contributed by atoms with Crippen molar-refractivity contribution in [3.05, 3.63) is 0 Å². The lowest BCUT2D eigenvalue weighted by Crippen LogP contribution is -2.62. The first-order valence-electron chi connectivity index (χ1n) is 3.70. The van der Waals surface area contributed by atoms with Gasteiger partial charge in [-0.1, -0.05) is 0 Å². The normalized spacial score (nSPS) is 23.6. The van der Waals surface area contributed by atoms with Crippen LogP contribution in [0.25, 0.3) is 0 Å². The maximum atomic E-state index is 10.9. The van der Waals surface area contributed by atoms with Gasteiger partial charge >= 0.3 is 0 Å². The van der Waals surface area contributed by atoms with Gasteiger partial charge in [0, 0.05) is 25.0 Å². The van der Waals surface area contributed by atoms with E-state index in [2.05, 4.69) is 0 Å². The van der Waals surface area contributed by atoms with E-state index in [-0.39, 0.29) is 12.0 Å². The Balaban J connectivity index is 2.57. The molecule has 0 radical (unpaired) electrons. The molecule has 0 aromatic heterocycles. The third-order valence-corrected chi connectivity index (χ3v) is 3.46. The largest absolute Gasteiger partial charge is 0.396 e. The standard InChI is InChI=1S/C6H14N2O3S/c1-12(10,11)8-3-6(2-7,4-8)5-9/h9H,2-5,7H2,1H3. The van der Waals surface area contributed by atoms with Crippen molar-refractivity contribution in [2.75, 3.05) is 32.5 Å². The van der Waals surface area contributed by atoms with Gasteiger partial charge in [0.05, 0.1) is 12.9 Å². The first kappa shape index (κ1) is 9.91. The molecule has 1 aliphatic heterocycles. The molecule has 6 heteroatoms. The summed E-state index contributed by atoms with van der Waals surface area (Å²) >= 11 is 0. The number of sulfonamides is 1. The zero-order valence-electron chi connectivity index (χ0n) is 7.02. The highest BCUT2D eigenvalue weighted by Crippen LogP contribution is 2.30. The number of hydrogen-bond donors (Lipinski definition) is 2. The van der Waals surface area contributed by atoms with E-state index in [1.807, 2.05) is 0 Å². The van der Waals surface area contributed by atoms with Crippen LogP contribution in [0.3, 0.4) is 0 Å². The fourth-order valence-corrected chi connectivity index (χ4v) is 2.25. The van der Waals surface area contributed by atoms with E-state index in [9.17, 15) is 8.42 Å². The first-order valence-corrected chi connectivity index (χ1v) is 5.54. The van der Waals surface area contributed by atoms with Gasteiger partial charge in [-0.25, -0.2) is 12.7 Å². The van der Waals surface area contributed by atoms with E-state index in [0.29, 0.717) is 19.6 Å². The van der Waals surface area contributed by atoms with Gasteiger partial charge < -0.3 is 10.8 Å². The van der Waals surface area contributed by atoms with E-state index in [0.717, 1.165) is 6.26 Å². The molecule has 1 fully saturated rings. The number of aliphatic hydroxyl groups is 1. The Kier molecular flexibility index (Phi) is 2.44. The number of nitrogens with zero attached hydrogens (tertiary/aromatic N) is 1. The van der Waals surface area contributed by atoms with Crippen LogP contribution in [0.4, 0.5) is 0 Å². The highest BCUT2D eigenvalue weighted by atomic mass is 32.2. The molecule has 0 aromatic carbocycles. The zero-order valence-corrected chi connectivity index (χ0v) is 7.84. The SMILES string of the molecule is CS(=O)(=O)N1CC(CN)(CO)C1. The molecule has 0 aliphatic carbocycles. The van der Waals surface area contributed by atoms with Gasteiger partial charge in [0.2, 0.25) is 10.0 Å². The Bertz CT molecular complexity index is 250. The third-order valence-electron chi connectivity index (χ3n) is 2.26. The minimum atomic E-state index is -3.09. The van der Waals surface area contributed by atoms with E-state index in [4.69, 9.17) is 10.8 Å². The Morgan fingerprint density at radius 3 is 2.33 bits per heavy atom. The van der Waals surface area contributed by atoms with Gasteiger partial charge in [0.25, 0.3) is 0 Å². The van der Waals surface area contributed by atoms with Crippen LogP contribution < -0.4 is 5.73 Å². The number of nitrogens with two attached hydrogens (primary N) is 1. The summed E-state index contributed by atoms with van der Waals surface area (Å²) in [6.45, 7) is 0.975. The lowest BCUT2D eigenvalue weighted by molar-refractivity contribution is 0.0172. The lowest BCUT2D eigenvalue weighted by Gasteiger charge is -2.46. The summed E-state index contributed by atoms with van der Waals surface area (Å²) in [7, 11) is -3.09. The number of hydrogen-bond acceptors (Lipinski definition) is 4. The molecule has 0 bridgehead atoms. The molecule has 1 heterocycles. The van der Waals surface area contributed by atoms with Crippen molar-refractivity contribution in [3.63, 3.8) is 0 Å². The van der Waals surface area contributed by atoms with E-state index < -0.39 is 10.0 Å². The van der Waals surface area contributed by atoms with Gasteiger partial charge in [0.1, 0.15) is 0 Å². The van der Waals surface area contributed by atoms with Crippen LogP contribution in [-0.2, 0) is 10.0 Å². The molecule has 1 saturated heterocycles. The molecular formula is C6H14N2O3S. The quantitative estimate of drug-likeness (QED) is 0.555. The summed E-state index contributed by atoms with van der Waals surface area (Å²) in [5.41, 5.74) is 5.02. The van der Waals surface area contributed by atoms with Gasteiger partial charge in [-0.05, 0) is 0 Å². The molecule has 72 valence electrons. The molecule has 0 aromatic rings. The van der Waals surface area contributed by atoms with Crippen LogP contribution in [-0.4, -0.2) is 50.3 Å². The Morgan fingerprint density at radius 1 is 1.58 bits per heavy atom. The van der Waals surface area contributed by atoms with Crippen molar-refractivity contribution < 1.29 is 13.5 Å². The van der Waals surface area contributed by atoms with Gasteiger partial charge in [0.15, 0.2) is 0 Å². The maximum absolute atomic E-state index is 10.9. The number of rotatable bonds is 3. The predicted molar refractivity (Wildman–Crippen MR) is 45.0 cm³/mol.